The van der Waals surface area contributed by atoms with E-state index in [2.05, 4.69) is 9.44 Å². The van der Waals surface area contributed by atoms with Gasteiger partial charge in [0.15, 0.2) is 0 Å². The van der Waals surface area contributed by atoms with Gasteiger partial charge in [0.25, 0.3) is 10.2 Å². The van der Waals surface area contributed by atoms with E-state index >= 15 is 0 Å². The van der Waals surface area contributed by atoms with E-state index < -0.39 is 15.7 Å². The van der Waals surface area contributed by atoms with Gasteiger partial charge in [0.05, 0.1) is 0 Å². The maximum Gasteiger partial charge on any atom is 0.277 e. The molecule has 0 bridgehead atoms. The fourth-order valence-electron chi connectivity index (χ4n) is 1.35. The summed E-state index contributed by atoms with van der Waals surface area (Å²) in [7, 11) is -3.40. The van der Waals surface area contributed by atoms with Gasteiger partial charge in [-0.25, -0.2) is 4.72 Å². The molecule has 0 saturated carbocycles. The van der Waals surface area contributed by atoms with Crippen molar-refractivity contribution in [3.05, 3.63) is 0 Å². The van der Waals surface area contributed by atoms with Gasteiger partial charge in [0.2, 0.25) is 0 Å². The van der Waals surface area contributed by atoms with Crippen LogP contribution < -0.4 is 15.2 Å². The maximum absolute atomic E-state index is 11.6. The Bertz CT molecular complexity index is 283. The van der Waals surface area contributed by atoms with Gasteiger partial charge in [0.1, 0.15) is 0 Å². The average Bonchev–Trinajstić information content (AvgIpc) is 2.08. The molecule has 16 heavy (non-hydrogen) atoms. The largest absolute Gasteiger partial charge is 0.330 e. The summed E-state index contributed by atoms with van der Waals surface area (Å²) in [5.74, 6) is 0.307. The lowest BCUT2D eigenvalue weighted by Crippen LogP contribution is -2.47. The Labute approximate surface area is 99.4 Å². The second-order valence-corrected chi connectivity index (χ2v) is 6.56. The molecule has 0 radical (unpaired) electrons. The van der Waals surface area contributed by atoms with Gasteiger partial charge in [-0.1, -0.05) is 13.3 Å². The highest BCUT2D eigenvalue weighted by molar-refractivity contribution is 7.87. The molecule has 0 fully saturated rings. The first-order chi connectivity index (χ1) is 7.20. The standard InChI is InChI=1S/C10H25N3O2S/c1-5-9(6-7-11)8-12-16(14,15)13-10(2,3)4/h9,12-13H,5-8,11H2,1-4H3. The van der Waals surface area contributed by atoms with Crippen LogP contribution in [0.3, 0.4) is 0 Å². The van der Waals surface area contributed by atoms with Gasteiger partial charge in [-0.05, 0) is 39.7 Å². The third kappa shape index (κ3) is 8.04. The zero-order valence-corrected chi connectivity index (χ0v) is 11.5. The van der Waals surface area contributed by atoms with Gasteiger partial charge >= 0.3 is 0 Å². The van der Waals surface area contributed by atoms with Crippen molar-refractivity contribution >= 4 is 10.2 Å². The quantitative estimate of drug-likeness (QED) is 0.619. The lowest BCUT2D eigenvalue weighted by molar-refractivity contribution is 0.449. The predicted octanol–water partition coefficient (Wildman–Crippen LogP) is 0.584. The molecule has 0 aliphatic heterocycles. The van der Waals surface area contributed by atoms with Gasteiger partial charge in [-0.3, -0.25) is 0 Å². The van der Waals surface area contributed by atoms with Crippen molar-refractivity contribution in [2.45, 2.75) is 46.1 Å². The summed E-state index contributed by atoms with van der Waals surface area (Å²) in [4.78, 5) is 0. The molecular formula is C10H25N3O2S. The zero-order chi connectivity index (χ0) is 12.8. The first kappa shape index (κ1) is 15.8. The van der Waals surface area contributed by atoms with E-state index in [1.54, 1.807) is 0 Å². The fourth-order valence-corrected chi connectivity index (χ4v) is 2.69. The predicted molar refractivity (Wildman–Crippen MR) is 67.3 cm³/mol. The SMILES string of the molecule is CCC(CCN)CNS(=O)(=O)NC(C)(C)C. The van der Waals surface area contributed by atoms with Crippen LogP contribution in [0.25, 0.3) is 0 Å². The number of nitrogens with two attached hydrogens (primary N) is 1. The van der Waals surface area contributed by atoms with Crippen molar-refractivity contribution in [1.82, 2.24) is 9.44 Å². The van der Waals surface area contributed by atoms with Crippen LogP contribution in [0.5, 0.6) is 0 Å². The lowest BCUT2D eigenvalue weighted by Gasteiger charge is -2.22. The molecule has 0 aromatic heterocycles. The third-order valence-corrected chi connectivity index (χ3v) is 3.58. The van der Waals surface area contributed by atoms with Gasteiger partial charge in [0, 0.05) is 12.1 Å². The fraction of sp³-hybridized carbons (Fsp3) is 1.00. The molecule has 98 valence electrons. The minimum absolute atomic E-state index is 0.307. The Morgan fingerprint density at radius 3 is 2.25 bits per heavy atom. The van der Waals surface area contributed by atoms with Crippen molar-refractivity contribution in [2.75, 3.05) is 13.1 Å². The molecule has 0 aliphatic carbocycles. The molecular weight excluding hydrogens is 226 g/mol. The van der Waals surface area contributed by atoms with E-state index in [-0.39, 0.29) is 0 Å². The van der Waals surface area contributed by atoms with Crippen LogP contribution in [-0.4, -0.2) is 27.0 Å². The molecule has 0 spiro atoms. The molecule has 0 aromatic carbocycles. The number of nitrogens with one attached hydrogen (secondary N) is 2. The Morgan fingerprint density at radius 2 is 1.88 bits per heavy atom. The van der Waals surface area contributed by atoms with Crippen LogP contribution in [0.15, 0.2) is 0 Å². The van der Waals surface area contributed by atoms with Crippen LogP contribution in [0.1, 0.15) is 40.5 Å². The summed E-state index contributed by atoms with van der Waals surface area (Å²) in [6.45, 7) is 8.49. The highest BCUT2D eigenvalue weighted by Crippen LogP contribution is 2.06. The van der Waals surface area contributed by atoms with E-state index in [0.29, 0.717) is 19.0 Å². The van der Waals surface area contributed by atoms with Crippen LogP contribution in [0.4, 0.5) is 0 Å². The minimum atomic E-state index is -3.40. The van der Waals surface area contributed by atoms with E-state index in [1.165, 1.54) is 0 Å². The second-order valence-electron chi connectivity index (χ2n) is 5.06. The van der Waals surface area contributed by atoms with Crippen molar-refractivity contribution in [2.24, 2.45) is 11.7 Å². The van der Waals surface area contributed by atoms with Gasteiger partial charge < -0.3 is 5.73 Å². The topological polar surface area (TPSA) is 84.2 Å². The molecule has 0 amide bonds. The summed E-state index contributed by atoms with van der Waals surface area (Å²) in [6, 6.07) is 0. The van der Waals surface area contributed by atoms with Crippen LogP contribution in [-0.2, 0) is 10.2 Å². The Hall–Kier alpha value is -0.170. The second kappa shape index (κ2) is 6.54. The normalized spacial score (nSPS) is 15.1. The van der Waals surface area contributed by atoms with E-state index in [9.17, 15) is 8.42 Å². The van der Waals surface area contributed by atoms with Crippen molar-refractivity contribution in [1.29, 1.82) is 0 Å². The lowest BCUT2D eigenvalue weighted by atomic mass is 10.0. The number of rotatable bonds is 7. The highest BCUT2D eigenvalue weighted by Gasteiger charge is 2.20. The first-order valence-electron chi connectivity index (χ1n) is 5.69. The Kier molecular flexibility index (Phi) is 6.47. The van der Waals surface area contributed by atoms with Crippen LogP contribution >= 0.6 is 0 Å². The van der Waals surface area contributed by atoms with E-state index in [1.807, 2.05) is 27.7 Å². The molecule has 0 aromatic rings. The van der Waals surface area contributed by atoms with E-state index in [4.69, 9.17) is 5.73 Å². The molecule has 0 aliphatic rings. The molecule has 4 N–H and O–H groups in total. The number of hydrogen-bond acceptors (Lipinski definition) is 3. The van der Waals surface area contributed by atoms with Crippen LogP contribution in [0, 0.1) is 5.92 Å². The highest BCUT2D eigenvalue weighted by atomic mass is 32.2. The summed E-state index contributed by atoms with van der Waals surface area (Å²) in [5, 5.41) is 0. The van der Waals surface area contributed by atoms with E-state index in [0.717, 1.165) is 12.8 Å². The third-order valence-electron chi connectivity index (χ3n) is 2.15. The molecule has 1 atom stereocenters. The molecule has 6 heteroatoms. The minimum Gasteiger partial charge on any atom is -0.330 e. The van der Waals surface area contributed by atoms with Crippen molar-refractivity contribution < 1.29 is 8.42 Å². The smallest absolute Gasteiger partial charge is 0.277 e. The molecule has 1 unspecified atom stereocenters. The maximum atomic E-state index is 11.6. The van der Waals surface area contributed by atoms with Crippen LogP contribution in [0.2, 0.25) is 0 Å². The summed E-state index contributed by atoms with van der Waals surface area (Å²) in [6.07, 6.45) is 1.77. The van der Waals surface area contributed by atoms with Crippen molar-refractivity contribution in [3.63, 3.8) is 0 Å². The Balaban J connectivity index is 4.17. The molecule has 5 nitrogen and oxygen atoms in total. The molecule has 0 rings (SSSR count). The first-order valence-corrected chi connectivity index (χ1v) is 7.17. The monoisotopic (exact) mass is 251 g/mol. The van der Waals surface area contributed by atoms with Gasteiger partial charge in [-0.2, -0.15) is 13.1 Å². The zero-order valence-electron chi connectivity index (χ0n) is 10.7. The molecule has 0 saturated heterocycles. The Morgan fingerprint density at radius 1 is 1.31 bits per heavy atom. The summed E-state index contributed by atoms with van der Waals surface area (Å²) < 4.78 is 28.3. The van der Waals surface area contributed by atoms with Gasteiger partial charge in [-0.15, -0.1) is 0 Å². The molecule has 0 heterocycles. The average molecular weight is 251 g/mol. The summed E-state index contributed by atoms with van der Waals surface area (Å²) >= 11 is 0. The summed E-state index contributed by atoms with van der Waals surface area (Å²) in [5.41, 5.74) is 5.00. The van der Waals surface area contributed by atoms with Crippen molar-refractivity contribution in [3.8, 4) is 0 Å². The number of hydrogen-bond donors (Lipinski definition) is 3.